The first-order valence-electron chi connectivity index (χ1n) is 10.2. The molecular formula is C23H19F3N4O3S. The van der Waals surface area contributed by atoms with E-state index in [0.29, 0.717) is 11.3 Å². The topological polar surface area (TPSA) is 105 Å². The van der Waals surface area contributed by atoms with E-state index in [0.717, 1.165) is 12.1 Å². The molecule has 0 unspecified atom stereocenters. The summed E-state index contributed by atoms with van der Waals surface area (Å²) in [5.74, 6) is -4.52. The van der Waals surface area contributed by atoms with Crippen molar-refractivity contribution in [1.29, 1.82) is 0 Å². The number of H-pyrrole nitrogens is 1. The maximum absolute atomic E-state index is 15.1. The van der Waals surface area contributed by atoms with Gasteiger partial charge in [-0.2, -0.15) is 4.39 Å². The Morgan fingerprint density at radius 1 is 1.15 bits per heavy atom. The van der Waals surface area contributed by atoms with Crippen molar-refractivity contribution in [2.75, 3.05) is 10.5 Å². The molecule has 3 heterocycles. The normalized spacial score (nSPS) is 11.7. The van der Waals surface area contributed by atoms with Crippen molar-refractivity contribution in [2.24, 2.45) is 0 Å². The van der Waals surface area contributed by atoms with Gasteiger partial charge in [-0.25, -0.2) is 27.2 Å². The number of nitrogens with zero attached hydrogens (tertiary/aromatic N) is 2. The summed E-state index contributed by atoms with van der Waals surface area (Å²) in [5, 5.41) is 0.207. The molecular weight excluding hydrogens is 469 g/mol. The quantitative estimate of drug-likeness (QED) is 0.289. The number of hydrogen-bond donors (Lipinski definition) is 2. The van der Waals surface area contributed by atoms with Crippen molar-refractivity contribution >= 4 is 32.5 Å². The van der Waals surface area contributed by atoms with Gasteiger partial charge in [0.05, 0.1) is 17.0 Å². The smallest absolute Gasteiger partial charge is 0.232 e. The maximum Gasteiger partial charge on any atom is 0.232 e. The van der Waals surface area contributed by atoms with Gasteiger partial charge in [0.25, 0.3) is 0 Å². The Bertz CT molecular complexity index is 1530. The molecule has 0 aliphatic heterocycles. The lowest BCUT2D eigenvalue weighted by Gasteiger charge is -2.11. The number of carbonyl (C=O) groups is 1. The van der Waals surface area contributed by atoms with Crippen LogP contribution in [0.15, 0.2) is 42.7 Å². The maximum atomic E-state index is 15.1. The Labute approximate surface area is 193 Å². The SMILES string of the molecule is CCCS(=O)(=O)Nc1ccc(F)c(C(=O)c2c[nH]c3ncc(-c4ccc(C)nc4F)cc23)c1F. The number of pyridine rings is 2. The van der Waals surface area contributed by atoms with Crippen LogP contribution in [0.4, 0.5) is 18.9 Å². The van der Waals surface area contributed by atoms with Crippen LogP contribution >= 0.6 is 0 Å². The molecule has 0 saturated heterocycles. The summed E-state index contributed by atoms with van der Waals surface area (Å²) in [7, 11) is -3.88. The first kappa shape index (κ1) is 23.4. The zero-order chi connectivity index (χ0) is 24.6. The lowest BCUT2D eigenvalue weighted by Crippen LogP contribution is -2.18. The zero-order valence-electron chi connectivity index (χ0n) is 18.1. The van der Waals surface area contributed by atoms with Crippen LogP contribution in [-0.2, 0) is 10.0 Å². The Hall–Kier alpha value is -3.73. The highest BCUT2D eigenvalue weighted by molar-refractivity contribution is 7.92. The van der Waals surface area contributed by atoms with Gasteiger partial charge in [-0.15, -0.1) is 0 Å². The van der Waals surface area contributed by atoms with Crippen LogP contribution in [0.25, 0.3) is 22.2 Å². The lowest BCUT2D eigenvalue weighted by molar-refractivity contribution is 0.103. The van der Waals surface area contributed by atoms with Crippen molar-refractivity contribution in [2.45, 2.75) is 20.3 Å². The van der Waals surface area contributed by atoms with Gasteiger partial charge in [0, 0.05) is 40.2 Å². The monoisotopic (exact) mass is 488 g/mol. The van der Waals surface area contributed by atoms with Gasteiger partial charge in [0.15, 0.2) is 5.82 Å². The number of ketones is 1. The van der Waals surface area contributed by atoms with Crippen molar-refractivity contribution in [3.8, 4) is 11.1 Å². The van der Waals surface area contributed by atoms with Crippen molar-refractivity contribution < 1.29 is 26.4 Å². The molecule has 1 aromatic carbocycles. The number of aryl methyl sites for hydroxylation is 1. The average molecular weight is 488 g/mol. The third-order valence-electron chi connectivity index (χ3n) is 5.13. The molecule has 0 fully saturated rings. The minimum atomic E-state index is -3.88. The molecule has 11 heteroatoms. The number of halogens is 3. The van der Waals surface area contributed by atoms with E-state index in [9.17, 15) is 22.0 Å². The summed E-state index contributed by atoms with van der Waals surface area (Å²) in [5.41, 5.74) is -0.397. The molecule has 34 heavy (non-hydrogen) atoms. The number of carbonyl (C=O) groups excluding carboxylic acids is 1. The Morgan fingerprint density at radius 2 is 1.91 bits per heavy atom. The molecule has 7 nitrogen and oxygen atoms in total. The number of anilines is 1. The van der Waals surface area contributed by atoms with Gasteiger partial charge in [-0.1, -0.05) is 6.92 Å². The first-order valence-corrected chi connectivity index (χ1v) is 11.9. The van der Waals surface area contributed by atoms with E-state index in [1.165, 1.54) is 24.5 Å². The molecule has 0 aliphatic rings. The van der Waals surface area contributed by atoms with Crippen LogP contribution in [0.2, 0.25) is 0 Å². The summed E-state index contributed by atoms with van der Waals surface area (Å²) in [6, 6.07) is 6.31. The molecule has 3 aromatic heterocycles. The van der Waals surface area contributed by atoms with Crippen LogP contribution in [0.3, 0.4) is 0 Å². The second kappa shape index (κ2) is 8.90. The number of aromatic amines is 1. The van der Waals surface area contributed by atoms with Gasteiger partial charge >= 0.3 is 0 Å². The average Bonchev–Trinajstić information content (AvgIpc) is 3.19. The number of sulfonamides is 1. The van der Waals surface area contributed by atoms with Crippen molar-refractivity contribution in [3.63, 3.8) is 0 Å². The summed E-state index contributed by atoms with van der Waals surface area (Å²) < 4.78 is 70.2. The number of fused-ring (bicyclic) bond motifs is 1. The minimum Gasteiger partial charge on any atom is -0.345 e. The van der Waals surface area contributed by atoms with E-state index in [4.69, 9.17) is 0 Å². The second-order valence-electron chi connectivity index (χ2n) is 7.65. The highest BCUT2D eigenvalue weighted by Crippen LogP contribution is 2.30. The van der Waals surface area contributed by atoms with Crippen LogP contribution in [0.5, 0.6) is 0 Å². The molecule has 0 amide bonds. The third kappa shape index (κ3) is 4.38. The predicted molar refractivity (Wildman–Crippen MR) is 122 cm³/mol. The van der Waals surface area contributed by atoms with Gasteiger partial charge < -0.3 is 4.98 Å². The number of nitrogens with one attached hydrogen (secondary N) is 2. The number of aromatic nitrogens is 3. The second-order valence-corrected chi connectivity index (χ2v) is 9.49. The Balaban J connectivity index is 1.80. The zero-order valence-corrected chi connectivity index (χ0v) is 18.9. The predicted octanol–water partition coefficient (Wildman–Crippen LogP) is 4.73. The van der Waals surface area contributed by atoms with E-state index in [2.05, 4.69) is 15.0 Å². The van der Waals surface area contributed by atoms with E-state index in [1.54, 1.807) is 19.9 Å². The molecule has 0 atom stereocenters. The summed E-state index contributed by atoms with van der Waals surface area (Å²) in [6.45, 7) is 3.27. The molecule has 176 valence electrons. The highest BCUT2D eigenvalue weighted by atomic mass is 32.2. The van der Waals surface area contributed by atoms with Crippen molar-refractivity contribution in [1.82, 2.24) is 15.0 Å². The largest absolute Gasteiger partial charge is 0.345 e. The molecule has 0 radical (unpaired) electrons. The first-order chi connectivity index (χ1) is 16.1. The standard InChI is InChI=1S/C23H19F3N4O3S/c1-3-8-34(32,33)30-18-7-6-17(24)19(20(18)25)21(31)16-11-28-23-15(16)9-13(10-27-23)14-5-4-12(2)29-22(14)26/h4-7,9-11,30H,3,8H2,1-2H3,(H,27,28). The van der Waals surface area contributed by atoms with E-state index < -0.39 is 44.6 Å². The molecule has 0 bridgehead atoms. The van der Waals surface area contributed by atoms with Crippen LogP contribution in [0, 0.1) is 24.5 Å². The molecule has 2 N–H and O–H groups in total. The molecule has 4 aromatic rings. The van der Waals surface area contributed by atoms with Crippen LogP contribution < -0.4 is 4.72 Å². The number of rotatable bonds is 7. The van der Waals surface area contributed by atoms with E-state index in [1.807, 2.05) is 4.72 Å². The van der Waals surface area contributed by atoms with Gasteiger partial charge in [-0.3, -0.25) is 9.52 Å². The van der Waals surface area contributed by atoms with Gasteiger partial charge in [-0.05, 0) is 43.7 Å². The molecule has 0 saturated carbocycles. The fourth-order valence-electron chi connectivity index (χ4n) is 3.54. The van der Waals surface area contributed by atoms with Crippen molar-refractivity contribution in [3.05, 3.63) is 77.1 Å². The van der Waals surface area contributed by atoms with Crippen LogP contribution in [0.1, 0.15) is 35.0 Å². The number of hydrogen-bond acceptors (Lipinski definition) is 5. The lowest BCUT2D eigenvalue weighted by atomic mass is 10.00. The third-order valence-corrected chi connectivity index (χ3v) is 6.61. The molecule has 4 rings (SSSR count). The molecule has 0 spiro atoms. The highest BCUT2D eigenvalue weighted by Gasteiger charge is 2.26. The van der Waals surface area contributed by atoms with Gasteiger partial charge in [0.2, 0.25) is 21.8 Å². The van der Waals surface area contributed by atoms with Gasteiger partial charge in [0.1, 0.15) is 11.5 Å². The van der Waals surface area contributed by atoms with E-state index in [-0.39, 0.29) is 34.3 Å². The Morgan fingerprint density at radius 3 is 2.62 bits per heavy atom. The van der Waals surface area contributed by atoms with Crippen LogP contribution in [-0.4, -0.2) is 34.9 Å². The fraction of sp³-hybridized carbons (Fsp3) is 0.174. The van der Waals surface area contributed by atoms with E-state index >= 15 is 4.39 Å². The fourth-order valence-corrected chi connectivity index (χ4v) is 4.67. The number of benzene rings is 1. The Kier molecular flexibility index (Phi) is 6.13. The molecule has 0 aliphatic carbocycles. The summed E-state index contributed by atoms with van der Waals surface area (Å²) in [6.07, 6.45) is 2.90. The minimum absolute atomic E-state index is 0.115. The summed E-state index contributed by atoms with van der Waals surface area (Å²) in [4.78, 5) is 23.9. The summed E-state index contributed by atoms with van der Waals surface area (Å²) >= 11 is 0.